The van der Waals surface area contributed by atoms with Crippen molar-refractivity contribution in [3.8, 4) is 5.75 Å². The molecule has 12 heteroatoms. The number of rotatable bonds is 12. The van der Waals surface area contributed by atoms with Crippen LogP contribution in [0.15, 0.2) is 60.7 Å². The van der Waals surface area contributed by atoms with Crippen molar-refractivity contribution in [1.82, 2.24) is 10.6 Å². The van der Waals surface area contributed by atoms with Gasteiger partial charge in [0.05, 0.1) is 36.8 Å². The zero-order chi connectivity index (χ0) is 31.1. The lowest BCUT2D eigenvalue weighted by atomic mass is 9.99. The number of carbonyl (C=O) groups is 1. The molecule has 1 saturated heterocycles. The molecule has 0 bridgehead atoms. The predicted octanol–water partition coefficient (Wildman–Crippen LogP) is 3.45. The number of benzene rings is 3. The second-order valence-electron chi connectivity index (χ2n) is 10.7. The molecule has 1 amide bonds. The Balaban J connectivity index is 1.57. The SMILES string of the molecule is COc1cccc(CNC[C@@H](O)[C@H](Cc2cc(F)cc(F)c2)NC(=O)c2cc(C(C)O)cc(N3CCCCS3(=O)=O)c2)c1. The summed E-state index contributed by atoms with van der Waals surface area (Å²) >= 11 is 0. The molecule has 1 aliphatic heterocycles. The lowest BCUT2D eigenvalue weighted by Crippen LogP contribution is -2.48. The van der Waals surface area contributed by atoms with Crippen LogP contribution in [-0.4, -0.2) is 62.6 Å². The first-order valence-corrected chi connectivity index (χ1v) is 15.7. The van der Waals surface area contributed by atoms with Crippen molar-refractivity contribution in [1.29, 1.82) is 0 Å². The number of sulfonamides is 1. The van der Waals surface area contributed by atoms with Crippen LogP contribution in [0.5, 0.6) is 5.75 Å². The molecule has 3 atom stereocenters. The first-order valence-electron chi connectivity index (χ1n) is 14.1. The van der Waals surface area contributed by atoms with E-state index in [0.717, 1.165) is 23.8 Å². The van der Waals surface area contributed by atoms with Crippen LogP contribution in [0.1, 0.15) is 52.9 Å². The van der Waals surface area contributed by atoms with Crippen LogP contribution in [-0.2, 0) is 23.0 Å². The molecule has 0 spiro atoms. The highest BCUT2D eigenvalue weighted by molar-refractivity contribution is 7.92. The lowest BCUT2D eigenvalue weighted by molar-refractivity contribution is 0.0829. The number of amides is 1. The molecule has 0 radical (unpaired) electrons. The van der Waals surface area contributed by atoms with Crippen LogP contribution < -0.4 is 19.7 Å². The Morgan fingerprint density at radius 2 is 1.77 bits per heavy atom. The first-order chi connectivity index (χ1) is 20.4. The second-order valence-corrected chi connectivity index (χ2v) is 12.7. The van der Waals surface area contributed by atoms with Gasteiger partial charge in [0.1, 0.15) is 17.4 Å². The van der Waals surface area contributed by atoms with E-state index in [1.807, 2.05) is 18.2 Å². The largest absolute Gasteiger partial charge is 0.497 e. The maximum atomic E-state index is 14.0. The number of aliphatic hydroxyl groups excluding tert-OH is 2. The fourth-order valence-electron chi connectivity index (χ4n) is 5.04. The number of halogens is 2. The van der Waals surface area contributed by atoms with Gasteiger partial charge in [-0.3, -0.25) is 9.10 Å². The Morgan fingerprint density at radius 1 is 1.02 bits per heavy atom. The normalized spacial score (nSPS) is 16.7. The third kappa shape index (κ3) is 8.73. The van der Waals surface area contributed by atoms with Crippen LogP contribution in [0.25, 0.3) is 0 Å². The molecule has 232 valence electrons. The highest BCUT2D eigenvalue weighted by Crippen LogP contribution is 2.28. The molecule has 0 aliphatic carbocycles. The van der Waals surface area contributed by atoms with E-state index < -0.39 is 45.8 Å². The number of anilines is 1. The van der Waals surface area contributed by atoms with Crippen molar-refractivity contribution in [2.75, 3.05) is 30.3 Å². The van der Waals surface area contributed by atoms with Crippen LogP contribution in [0.4, 0.5) is 14.5 Å². The number of ether oxygens (including phenoxy) is 1. The van der Waals surface area contributed by atoms with E-state index in [4.69, 9.17) is 4.74 Å². The number of hydrogen-bond acceptors (Lipinski definition) is 7. The summed E-state index contributed by atoms with van der Waals surface area (Å²) in [6.45, 7) is 2.17. The summed E-state index contributed by atoms with van der Waals surface area (Å²) in [6, 6.07) is 13.8. The van der Waals surface area contributed by atoms with E-state index in [1.165, 1.54) is 29.4 Å². The van der Waals surface area contributed by atoms with Crippen molar-refractivity contribution >= 4 is 21.6 Å². The maximum Gasteiger partial charge on any atom is 0.251 e. The van der Waals surface area contributed by atoms with Gasteiger partial charge < -0.3 is 25.6 Å². The topological polar surface area (TPSA) is 128 Å². The molecule has 0 aromatic heterocycles. The Morgan fingerprint density at radius 3 is 2.44 bits per heavy atom. The lowest BCUT2D eigenvalue weighted by Gasteiger charge is -2.29. The van der Waals surface area contributed by atoms with Gasteiger partial charge in [0.15, 0.2) is 0 Å². The van der Waals surface area contributed by atoms with Gasteiger partial charge >= 0.3 is 0 Å². The standard InChI is InChI=1S/C31H37F2N3O6S/c1-20(37)23-14-24(16-27(15-23)36-8-3-4-9-43(36,40)41)31(39)35-29(13-22-10-25(32)17-26(33)11-22)30(38)19-34-18-21-6-5-7-28(12-21)42-2/h5-7,10-12,14-17,20,29-30,34,37-38H,3-4,8-9,13,18-19H2,1-2H3,(H,35,39)/t20?,29-,30+/m0/s1. The van der Waals surface area contributed by atoms with E-state index in [1.54, 1.807) is 13.2 Å². The average molecular weight is 618 g/mol. The molecule has 1 aliphatic rings. The van der Waals surface area contributed by atoms with E-state index in [2.05, 4.69) is 10.6 Å². The predicted molar refractivity (Wildman–Crippen MR) is 159 cm³/mol. The van der Waals surface area contributed by atoms with Gasteiger partial charge in [-0.05, 0) is 85.3 Å². The fourth-order valence-corrected chi connectivity index (χ4v) is 6.66. The summed E-state index contributed by atoms with van der Waals surface area (Å²) in [6.07, 6.45) is -1.07. The Bertz CT molecular complexity index is 1520. The summed E-state index contributed by atoms with van der Waals surface area (Å²) in [5.74, 6) is -1.57. The Kier molecular flexibility index (Phi) is 10.7. The maximum absolute atomic E-state index is 14.0. The highest BCUT2D eigenvalue weighted by Gasteiger charge is 2.28. The smallest absolute Gasteiger partial charge is 0.251 e. The molecule has 4 rings (SSSR count). The molecular formula is C31H37F2N3O6S. The van der Waals surface area contributed by atoms with Crippen molar-refractivity contribution in [3.05, 3.63) is 94.6 Å². The minimum atomic E-state index is -3.59. The van der Waals surface area contributed by atoms with Gasteiger partial charge in [-0.25, -0.2) is 17.2 Å². The van der Waals surface area contributed by atoms with Gasteiger partial charge in [-0.15, -0.1) is 0 Å². The third-order valence-electron chi connectivity index (χ3n) is 7.30. The summed E-state index contributed by atoms with van der Waals surface area (Å²) in [5, 5.41) is 27.3. The number of hydrogen-bond donors (Lipinski definition) is 4. The highest BCUT2D eigenvalue weighted by atomic mass is 32.2. The number of methoxy groups -OCH3 is 1. The summed E-state index contributed by atoms with van der Waals surface area (Å²) in [7, 11) is -2.03. The molecule has 9 nitrogen and oxygen atoms in total. The minimum Gasteiger partial charge on any atom is -0.497 e. The second kappa shape index (κ2) is 14.3. The van der Waals surface area contributed by atoms with Gasteiger partial charge in [-0.2, -0.15) is 0 Å². The minimum absolute atomic E-state index is 0.0192. The van der Waals surface area contributed by atoms with Crippen LogP contribution >= 0.6 is 0 Å². The summed E-state index contributed by atoms with van der Waals surface area (Å²) < 4.78 is 59.9. The zero-order valence-electron chi connectivity index (χ0n) is 24.1. The van der Waals surface area contributed by atoms with Crippen LogP contribution in [0.3, 0.4) is 0 Å². The third-order valence-corrected chi connectivity index (χ3v) is 9.17. The number of carbonyl (C=O) groups excluding carboxylic acids is 1. The molecule has 4 N–H and O–H groups in total. The molecule has 0 saturated carbocycles. The Hall–Kier alpha value is -3.58. The first kappa shape index (κ1) is 32.3. The molecule has 1 heterocycles. The number of nitrogens with zero attached hydrogens (tertiary/aromatic N) is 1. The zero-order valence-corrected chi connectivity index (χ0v) is 24.9. The Labute approximate surface area is 250 Å². The quantitative estimate of drug-likeness (QED) is 0.245. The molecule has 3 aromatic rings. The van der Waals surface area contributed by atoms with Crippen molar-refractivity contribution in [2.45, 2.75) is 51.0 Å². The van der Waals surface area contributed by atoms with E-state index >= 15 is 0 Å². The molecular weight excluding hydrogens is 580 g/mol. The van der Waals surface area contributed by atoms with Crippen molar-refractivity contribution in [3.63, 3.8) is 0 Å². The van der Waals surface area contributed by atoms with Gasteiger partial charge in [0, 0.05) is 31.3 Å². The van der Waals surface area contributed by atoms with Gasteiger partial charge in [0.25, 0.3) is 5.91 Å². The van der Waals surface area contributed by atoms with E-state index in [0.29, 0.717) is 30.7 Å². The number of nitrogens with one attached hydrogen (secondary N) is 2. The fraction of sp³-hybridized carbons (Fsp3) is 0.387. The van der Waals surface area contributed by atoms with Crippen molar-refractivity contribution in [2.24, 2.45) is 0 Å². The van der Waals surface area contributed by atoms with Crippen LogP contribution in [0, 0.1) is 11.6 Å². The van der Waals surface area contributed by atoms with E-state index in [-0.39, 0.29) is 42.1 Å². The van der Waals surface area contributed by atoms with Crippen molar-refractivity contribution < 1.29 is 36.9 Å². The van der Waals surface area contributed by atoms with Gasteiger partial charge in [-0.1, -0.05) is 12.1 Å². The molecule has 43 heavy (non-hydrogen) atoms. The van der Waals surface area contributed by atoms with E-state index in [9.17, 15) is 32.2 Å². The van der Waals surface area contributed by atoms with Crippen LogP contribution in [0.2, 0.25) is 0 Å². The molecule has 1 fully saturated rings. The summed E-state index contributed by atoms with van der Waals surface area (Å²) in [4.78, 5) is 13.6. The molecule has 3 aromatic carbocycles. The number of aliphatic hydroxyl groups is 2. The molecule has 1 unspecified atom stereocenters. The monoisotopic (exact) mass is 617 g/mol. The summed E-state index contributed by atoms with van der Waals surface area (Å²) in [5.41, 5.74) is 1.79. The average Bonchev–Trinajstić information content (AvgIpc) is 2.95. The van der Waals surface area contributed by atoms with Gasteiger partial charge in [0.2, 0.25) is 10.0 Å².